The number of phenolic OH excluding ortho intramolecular Hbond substituents is 1. The number of carbonyl (C=O) groups excluding carboxylic acids is 1. The maximum absolute atomic E-state index is 12.7. The SMILES string of the molecule is CN1CC[C@]2(C)c3cc(O)ccc3C[C@H]1[C@]2(C)CCC(=O)CCC1CCCC1. The Labute approximate surface area is 170 Å². The summed E-state index contributed by atoms with van der Waals surface area (Å²) in [5.41, 5.74) is 2.77. The molecule has 2 aliphatic carbocycles. The van der Waals surface area contributed by atoms with Crippen LogP contribution in [0.25, 0.3) is 0 Å². The van der Waals surface area contributed by atoms with Crippen LogP contribution in [-0.4, -0.2) is 35.4 Å². The van der Waals surface area contributed by atoms with Gasteiger partial charge in [0.05, 0.1) is 0 Å². The van der Waals surface area contributed by atoms with Crippen LogP contribution in [0.1, 0.15) is 82.8 Å². The molecule has 154 valence electrons. The molecule has 1 heterocycles. The second-order valence-corrected chi connectivity index (χ2v) is 10.3. The predicted molar refractivity (Wildman–Crippen MR) is 114 cm³/mol. The van der Waals surface area contributed by atoms with Gasteiger partial charge in [-0.1, -0.05) is 45.6 Å². The third kappa shape index (κ3) is 3.30. The average molecular weight is 384 g/mol. The second-order valence-electron chi connectivity index (χ2n) is 10.3. The van der Waals surface area contributed by atoms with E-state index in [4.69, 9.17) is 0 Å². The van der Waals surface area contributed by atoms with Gasteiger partial charge in [-0.15, -0.1) is 0 Å². The largest absolute Gasteiger partial charge is 0.508 e. The number of phenols is 1. The summed E-state index contributed by atoms with van der Waals surface area (Å²) in [6.45, 7) is 5.87. The average Bonchev–Trinajstić information content (AvgIpc) is 3.19. The smallest absolute Gasteiger partial charge is 0.132 e. The first kappa shape index (κ1) is 19.9. The summed E-state index contributed by atoms with van der Waals surface area (Å²) in [7, 11) is 2.25. The van der Waals surface area contributed by atoms with Gasteiger partial charge in [-0.3, -0.25) is 4.79 Å². The number of likely N-dealkylation sites (tertiary alicyclic amines) is 1. The molecule has 1 N–H and O–H groups in total. The van der Waals surface area contributed by atoms with Crippen LogP contribution in [0, 0.1) is 11.3 Å². The maximum Gasteiger partial charge on any atom is 0.132 e. The lowest BCUT2D eigenvalue weighted by Crippen LogP contribution is -2.64. The highest BCUT2D eigenvalue weighted by Crippen LogP contribution is 2.58. The summed E-state index contributed by atoms with van der Waals surface area (Å²) in [5, 5.41) is 10.1. The molecule has 1 aromatic rings. The molecule has 3 nitrogen and oxygen atoms in total. The molecule has 0 spiro atoms. The molecule has 0 aromatic heterocycles. The second kappa shape index (κ2) is 7.48. The van der Waals surface area contributed by atoms with Crippen molar-refractivity contribution in [3.8, 4) is 5.75 Å². The van der Waals surface area contributed by atoms with Crippen molar-refractivity contribution in [2.45, 2.75) is 89.5 Å². The van der Waals surface area contributed by atoms with E-state index >= 15 is 0 Å². The van der Waals surface area contributed by atoms with E-state index < -0.39 is 0 Å². The van der Waals surface area contributed by atoms with Crippen molar-refractivity contribution in [3.05, 3.63) is 29.3 Å². The van der Waals surface area contributed by atoms with Crippen LogP contribution < -0.4 is 0 Å². The van der Waals surface area contributed by atoms with E-state index in [-0.39, 0.29) is 10.8 Å². The summed E-state index contributed by atoms with van der Waals surface area (Å²) in [4.78, 5) is 15.3. The van der Waals surface area contributed by atoms with Gasteiger partial charge in [0.1, 0.15) is 11.5 Å². The first-order chi connectivity index (χ1) is 13.3. The molecule has 3 aliphatic rings. The third-order valence-electron chi connectivity index (χ3n) is 8.82. The van der Waals surface area contributed by atoms with Crippen molar-refractivity contribution in [2.75, 3.05) is 13.6 Å². The summed E-state index contributed by atoms with van der Waals surface area (Å²) in [5.74, 6) is 1.62. The number of Topliss-reactive ketones (excluding diaryl/α,β-unsaturated/α-hetero) is 1. The minimum absolute atomic E-state index is 0.0161. The number of carbonyl (C=O) groups is 1. The van der Waals surface area contributed by atoms with Gasteiger partial charge < -0.3 is 10.0 Å². The molecule has 2 fully saturated rings. The molecule has 1 aliphatic heterocycles. The Morgan fingerprint density at radius 3 is 2.71 bits per heavy atom. The molecular weight excluding hydrogens is 346 g/mol. The van der Waals surface area contributed by atoms with Gasteiger partial charge in [0.25, 0.3) is 0 Å². The number of hydrogen-bond donors (Lipinski definition) is 1. The number of rotatable bonds is 6. The Morgan fingerprint density at radius 2 is 1.96 bits per heavy atom. The van der Waals surface area contributed by atoms with Gasteiger partial charge >= 0.3 is 0 Å². The number of ketones is 1. The Kier molecular flexibility index (Phi) is 5.33. The number of piperidine rings is 1. The fraction of sp³-hybridized carbons (Fsp3) is 0.720. The number of fused-ring (bicyclic) bond motifs is 4. The van der Waals surface area contributed by atoms with E-state index in [1.165, 1.54) is 36.8 Å². The first-order valence-electron chi connectivity index (χ1n) is 11.4. The van der Waals surface area contributed by atoms with Crippen LogP contribution in [0.2, 0.25) is 0 Å². The Hall–Kier alpha value is -1.35. The van der Waals surface area contributed by atoms with Crippen LogP contribution in [0.5, 0.6) is 5.75 Å². The molecule has 0 unspecified atom stereocenters. The molecule has 2 bridgehead atoms. The summed E-state index contributed by atoms with van der Waals surface area (Å²) in [6.07, 6.45) is 11.0. The standard InChI is InChI=1S/C25H37NO2/c1-24-14-15-26(3)23(16-19-9-11-21(28)17-22(19)24)25(24,2)13-12-20(27)10-8-18-6-4-5-7-18/h9,11,17-18,23,28H,4-8,10,12-16H2,1-3H3/t23-,24+,25-/m0/s1. The normalized spacial score (nSPS) is 33.0. The summed E-state index contributed by atoms with van der Waals surface area (Å²) < 4.78 is 0. The lowest BCUT2D eigenvalue weighted by atomic mass is 9.49. The molecule has 0 amide bonds. The van der Waals surface area contributed by atoms with E-state index in [1.807, 2.05) is 12.1 Å². The Morgan fingerprint density at radius 1 is 1.21 bits per heavy atom. The van der Waals surface area contributed by atoms with Crippen molar-refractivity contribution in [1.82, 2.24) is 4.90 Å². The van der Waals surface area contributed by atoms with Gasteiger partial charge in [-0.05, 0) is 73.9 Å². The van der Waals surface area contributed by atoms with Crippen LogP contribution >= 0.6 is 0 Å². The van der Waals surface area contributed by atoms with Crippen molar-refractivity contribution in [3.63, 3.8) is 0 Å². The van der Waals surface area contributed by atoms with E-state index in [0.717, 1.165) is 44.6 Å². The molecule has 3 heteroatoms. The fourth-order valence-corrected chi connectivity index (χ4v) is 6.61. The van der Waals surface area contributed by atoms with E-state index in [9.17, 15) is 9.90 Å². The highest BCUT2D eigenvalue weighted by Gasteiger charge is 2.57. The minimum atomic E-state index is 0.0161. The molecule has 3 atom stereocenters. The van der Waals surface area contributed by atoms with Crippen molar-refractivity contribution in [2.24, 2.45) is 11.3 Å². The van der Waals surface area contributed by atoms with Gasteiger partial charge in [0.2, 0.25) is 0 Å². The minimum Gasteiger partial charge on any atom is -0.508 e. The molecule has 28 heavy (non-hydrogen) atoms. The number of hydrogen-bond acceptors (Lipinski definition) is 3. The van der Waals surface area contributed by atoms with E-state index in [0.29, 0.717) is 24.0 Å². The Balaban J connectivity index is 1.52. The van der Waals surface area contributed by atoms with Crippen molar-refractivity contribution >= 4 is 5.78 Å². The first-order valence-corrected chi connectivity index (χ1v) is 11.4. The fourth-order valence-electron chi connectivity index (χ4n) is 6.61. The third-order valence-corrected chi connectivity index (χ3v) is 8.82. The van der Waals surface area contributed by atoms with Crippen LogP contribution in [0.3, 0.4) is 0 Å². The molecule has 4 rings (SSSR count). The number of aromatic hydroxyl groups is 1. The van der Waals surface area contributed by atoms with Crippen LogP contribution in [0.15, 0.2) is 18.2 Å². The Bertz CT molecular complexity index is 738. The highest BCUT2D eigenvalue weighted by molar-refractivity contribution is 5.78. The molecule has 0 radical (unpaired) electrons. The lowest BCUT2D eigenvalue weighted by Gasteiger charge is -2.62. The topological polar surface area (TPSA) is 40.5 Å². The zero-order chi connectivity index (χ0) is 19.9. The zero-order valence-corrected chi connectivity index (χ0v) is 18.0. The number of likely N-dealkylation sites (N-methyl/N-ethyl adjacent to an activating group) is 1. The van der Waals surface area contributed by atoms with Crippen LogP contribution in [0.4, 0.5) is 0 Å². The van der Waals surface area contributed by atoms with Gasteiger partial charge in [-0.25, -0.2) is 0 Å². The summed E-state index contributed by atoms with van der Waals surface area (Å²) >= 11 is 0. The molecule has 1 saturated carbocycles. The monoisotopic (exact) mass is 383 g/mol. The zero-order valence-electron chi connectivity index (χ0n) is 18.0. The maximum atomic E-state index is 12.7. The quantitative estimate of drug-likeness (QED) is 0.731. The highest BCUT2D eigenvalue weighted by atomic mass is 16.3. The molecule has 1 aromatic carbocycles. The molecule has 1 saturated heterocycles. The van der Waals surface area contributed by atoms with Crippen molar-refractivity contribution < 1.29 is 9.90 Å². The van der Waals surface area contributed by atoms with Gasteiger partial charge in [-0.2, -0.15) is 0 Å². The number of benzene rings is 1. The lowest BCUT2D eigenvalue weighted by molar-refractivity contribution is -0.121. The molecular formula is C25H37NO2. The summed E-state index contributed by atoms with van der Waals surface area (Å²) in [6, 6.07) is 6.40. The van der Waals surface area contributed by atoms with Crippen molar-refractivity contribution in [1.29, 1.82) is 0 Å². The van der Waals surface area contributed by atoms with Crippen LogP contribution in [-0.2, 0) is 16.6 Å². The van der Waals surface area contributed by atoms with E-state index in [1.54, 1.807) is 0 Å². The number of nitrogens with zero attached hydrogens (tertiary/aromatic N) is 1. The van der Waals surface area contributed by atoms with E-state index in [2.05, 4.69) is 31.9 Å². The predicted octanol–water partition coefficient (Wildman–Crippen LogP) is 5.24. The van der Waals surface area contributed by atoms with Gasteiger partial charge in [0, 0.05) is 24.3 Å². The van der Waals surface area contributed by atoms with Gasteiger partial charge in [0.15, 0.2) is 0 Å².